The Labute approximate surface area is 161 Å². The second kappa shape index (κ2) is 10.2. The van der Waals surface area contributed by atoms with Gasteiger partial charge in [0.2, 0.25) is 0 Å². The summed E-state index contributed by atoms with van der Waals surface area (Å²) in [4.78, 5) is 6.54. The molecule has 1 aromatic rings. The highest BCUT2D eigenvalue weighted by Crippen LogP contribution is 2.18. The van der Waals surface area contributed by atoms with Crippen molar-refractivity contribution >= 4 is 39.8 Å². The topological polar surface area (TPSA) is 71.0 Å². The Kier molecular flexibility index (Phi) is 8.99. The zero-order chi connectivity index (χ0) is 16.7. The Balaban J connectivity index is 0.00000288. The first-order valence-electron chi connectivity index (χ1n) is 7.77. The van der Waals surface area contributed by atoms with Crippen molar-refractivity contribution < 1.29 is 13.2 Å². The fourth-order valence-corrected chi connectivity index (χ4v) is 2.98. The number of sulfone groups is 1. The highest BCUT2D eigenvalue weighted by atomic mass is 127. The van der Waals surface area contributed by atoms with E-state index in [0.29, 0.717) is 13.2 Å². The maximum Gasteiger partial charge on any atom is 0.194 e. The molecule has 0 atom stereocenters. The van der Waals surface area contributed by atoms with Gasteiger partial charge in [0.1, 0.15) is 9.84 Å². The summed E-state index contributed by atoms with van der Waals surface area (Å²) in [6.45, 7) is 3.08. The number of fused-ring (bicyclic) bond motifs is 1. The quantitative estimate of drug-likeness (QED) is 0.296. The zero-order valence-electron chi connectivity index (χ0n) is 14.2. The number of nitrogens with one attached hydrogen (secondary N) is 1. The summed E-state index contributed by atoms with van der Waals surface area (Å²) in [6.07, 6.45) is 2.23. The molecule has 0 saturated carbocycles. The van der Waals surface area contributed by atoms with Gasteiger partial charge in [-0.15, -0.1) is 24.0 Å². The van der Waals surface area contributed by atoms with Crippen molar-refractivity contribution in [3.63, 3.8) is 0 Å². The average molecular weight is 467 g/mol. The Morgan fingerprint density at radius 1 is 1.29 bits per heavy atom. The van der Waals surface area contributed by atoms with E-state index in [-0.39, 0.29) is 36.3 Å². The van der Waals surface area contributed by atoms with Crippen LogP contribution in [0.3, 0.4) is 0 Å². The maximum absolute atomic E-state index is 11.0. The molecule has 1 heterocycles. The lowest BCUT2D eigenvalue weighted by atomic mass is 10.0. The van der Waals surface area contributed by atoms with Gasteiger partial charge in [-0.3, -0.25) is 4.99 Å². The van der Waals surface area contributed by atoms with Crippen molar-refractivity contribution in [3.8, 4) is 0 Å². The molecule has 8 heteroatoms. The van der Waals surface area contributed by atoms with Crippen LogP contribution in [0.15, 0.2) is 29.3 Å². The number of guanidine groups is 1. The van der Waals surface area contributed by atoms with Gasteiger partial charge in [-0.1, -0.05) is 24.3 Å². The van der Waals surface area contributed by atoms with Crippen molar-refractivity contribution in [2.45, 2.75) is 13.0 Å². The highest BCUT2D eigenvalue weighted by Gasteiger charge is 2.18. The molecule has 0 radical (unpaired) electrons. The van der Waals surface area contributed by atoms with Crippen molar-refractivity contribution in [2.24, 2.45) is 4.99 Å². The van der Waals surface area contributed by atoms with E-state index in [0.717, 1.165) is 25.5 Å². The van der Waals surface area contributed by atoms with Gasteiger partial charge in [-0.25, -0.2) is 8.42 Å². The van der Waals surface area contributed by atoms with E-state index in [4.69, 9.17) is 4.74 Å². The van der Waals surface area contributed by atoms with Crippen molar-refractivity contribution in [2.75, 3.05) is 45.4 Å². The fourth-order valence-electron chi connectivity index (χ4n) is 2.56. The summed E-state index contributed by atoms with van der Waals surface area (Å²) in [5.74, 6) is 0.913. The molecule has 1 aromatic carbocycles. The number of halogens is 1. The van der Waals surface area contributed by atoms with Gasteiger partial charge in [0.25, 0.3) is 0 Å². The molecule has 0 aliphatic carbocycles. The average Bonchev–Trinajstić information content (AvgIpc) is 2.53. The molecule has 0 unspecified atom stereocenters. The van der Waals surface area contributed by atoms with Crippen LogP contribution in [0.2, 0.25) is 0 Å². The predicted octanol–water partition coefficient (Wildman–Crippen LogP) is 1.30. The molecule has 0 fully saturated rings. The van der Waals surface area contributed by atoms with E-state index in [9.17, 15) is 8.42 Å². The minimum atomic E-state index is -2.96. The number of nitrogens with zero attached hydrogens (tertiary/aromatic N) is 2. The van der Waals surface area contributed by atoms with E-state index in [1.165, 1.54) is 17.4 Å². The Morgan fingerprint density at radius 3 is 2.67 bits per heavy atom. The number of ether oxygens (including phenoxy) is 1. The summed E-state index contributed by atoms with van der Waals surface area (Å²) in [5, 5.41) is 3.27. The minimum absolute atomic E-state index is 0. The standard InChI is InChI=1S/C16H25N3O3S.HI/c1-17-16(18-8-10-22-11-12-23(2,20)21)19-9-7-14-5-3-4-6-15(14)13-19;/h3-6H,7-13H2,1-2H3,(H,17,18);1H. The molecular formula is C16H26IN3O3S. The smallest absolute Gasteiger partial charge is 0.194 e. The lowest BCUT2D eigenvalue weighted by Gasteiger charge is -2.31. The molecule has 1 aliphatic rings. The van der Waals surface area contributed by atoms with Crippen LogP contribution in [-0.2, 0) is 27.5 Å². The van der Waals surface area contributed by atoms with Crippen LogP contribution >= 0.6 is 24.0 Å². The summed E-state index contributed by atoms with van der Waals surface area (Å²) >= 11 is 0. The molecule has 0 aromatic heterocycles. The van der Waals surface area contributed by atoms with Gasteiger partial charge in [0, 0.05) is 32.9 Å². The van der Waals surface area contributed by atoms with Crippen LogP contribution < -0.4 is 5.32 Å². The van der Waals surface area contributed by atoms with Crippen molar-refractivity contribution in [1.29, 1.82) is 0 Å². The van der Waals surface area contributed by atoms with Crippen LogP contribution in [0.1, 0.15) is 11.1 Å². The van der Waals surface area contributed by atoms with E-state index in [2.05, 4.69) is 39.5 Å². The van der Waals surface area contributed by atoms with Gasteiger partial charge in [-0.2, -0.15) is 0 Å². The molecule has 24 heavy (non-hydrogen) atoms. The molecule has 2 rings (SSSR count). The largest absolute Gasteiger partial charge is 0.379 e. The van der Waals surface area contributed by atoms with Crippen molar-refractivity contribution in [3.05, 3.63) is 35.4 Å². The summed E-state index contributed by atoms with van der Waals surface area (Å²) in [5.41, 5.74) is 2.74. The van der Waals surface area contributed by atoms with Gasteiger partial charge >= 0.3 is 0 Å². The lowest BCUT2D eigenvalue weighted by Crippen LogP contribution is -2.45. The fraction of sp³-hybridized carbons (Fsp3) is 0.562. The molecule has 6 nitrogen and oxygen atoms in total. The summed E-state index contributed by atoms with van der Waals surface area (Å²) < 4.78 is 27.3. The van der Waals surface area contributed by atoms with Crippen LogP contribution in [0.5, 0.6) is 0 Å². The number of benzene rings is 1. The molecule has 1 N–H and O–H groups in total. The Morgan fingerprint density at radius 2 is 2.00 bits per heavy atom. The van der Waals surface area contributed by atoms with E-state index in [1.807, 2.05) is 0 Å². The van der Waals surface area contributed by atoms with Gasteiger partial charge < -0.3 is 15.0 Å². The monoisotopic (exact) mass is 467 g/mol. The predicted molar refractivity (Wildman–Crippen MR) is 108 cm³/mol. The molecule has 136 valence electrons. The summed E-state index contributed by atoms with van der Waals surface area (Å²) in [7, 11) is -1.18. The van der Waals surface area contributed by atoms with Crippen LogP contribution in [0, 0.1) is 0 Å². The lowest BCUT2D eigenvalue weighted by molar-refractivity contribution is 0.153. The molecular weight excluding hydrogens is 441 g/mol. The second-order valence-electron chi connectivity index (χ2n) is 5.66. The van der Waals surface area contributed by atoms with Gasteiger partial charge in [-0.05, 0) is 17.5 Å². The third-order valence-corrected chi connectivity index (χ3v) is 4.68. The Bertz CT molecular complexity index is 650. The number of aliphatic imine (C=N–C) groups is 1. The van der Waals surface area contributed by atoms with E-state index >= 15 is 0 Å². The normalized spacial score (nSPS) is 14.8. The molecule has 0 saturated heterocycles. The number of hydrogen-bond donors (Lipinski definition) is 1. The van der Waals surface area contributed by atoms with E-state index in [1.54, 1.807) is 7.05 Å². The molecule has 0 spiro atoms. The minimum Gasteiger partial charge on any atom is -0.379 e. The van der Waals surface area contributed by atoms with Gasteiger partial charge in [0.05, 0.1) is 19.0 Å². The summed E-state index contributed by atoms with van der Waals surface area (Å²) in [6, 6.07) is 8.48. The molecule has 0 bridgehead atoms. The van der Waals surface area contributed by atoms with Crippen LogP contribution in [0.4, 0.5) is 0 Å². The molecule has 1 aliphatic heterocycles. The number of hydrogen-bond acceptors (Lipinski definition) is 4. The molecule has 0 amide bonds. The Hall–Kier alpha value is -0.870. The van der Waals surface area contributed by atoms with Crippen molar-refractivity contribution in [1.82, 2.24) is 10.2 Å². The highest BCUT2D eigenvalue weighted by molar-refractivity contribution is 14.0. The zero-order valence-corrected chi connectivity index (χ0v) is 17.3. The second-order valence-corrected chi connectivity index (χ2v) is 7.92. The maximum atomic E-state index is 11.0. The SMILES string of the molecule is CN=C(NCCOCCS(C)(=O)=O)N1CCc2ccccc2C1.I. The van der Waals surface area contributed by atoms with E-state index < -0.39 is 9.84 Å². The third-order valence-electron chi connectivity index (χ3n) is 3.77. The van der Waals surface area contributed by atoms with Gasteiger partial charge in [0.15, 0.2) is 5.96 Å². The third kappa shape index (κ3) is 6.94. The number of rotatable bonds is 6. The first-order chi connectivity index (χ1) is 11.0. The first kappa shape index (κ1) is 21.2. The van der Waals surface area contributed by atoms with Crippen LogP contribution in [0.25, 0.3) is 0 Å². The first-order valence-corrected chi connectivity index (χ1v) is 9.83. The van der Waals surface area contributed by atoms with Crippen LogP contribution in [-0.4, -0.2) is 64.6 Å².